The number of nitrogens with one attached hydrogen (secondary N) is 1. The van der Waals surface area contributed by atoms with E-state index in [1.807, 2.05) is 47.4 Å². The van der Waals surface area contributed by atoms with Gasteiger partial charge < -0.3 is 24.3 Å². The number of anilines is 1. The van der Waals surface area contributed by atoms with E-state index in [9.17, 15) is 9.59 Å². The van der Waals surface area contributed by atoms with Crippen molar-refractivity contribution in [2.75, 3.05) is 37.9 Å². The Balaban J connectivity index is 1.21. The highest BCUT2D eigenvalue weighted by Gasteiger charge is 2.23. The molecular formula is C27H23ClN4O4S. The summed E-state index contributed by atoms with van der Waals surface area (Å²) in [6, 6.07) is 18.4. The molecule has 188 valence electrons. The van der Waals surface area contributed by atoms with Crippen LogP contribution in [0.2, 0.25) is 5.02 Å². The first-order valence-electron chi connectivity index (χ1n) is 11.9. The number of fused-ring (bicyclic) bond motifs is 2. The molecule has 3 heterocycles. The number of piperazine rings is 1. The Bertz CT molecular complexity index is 1640. The number of halogens is 1. The number of rotatable bonds is 4. The average Bonchev–Trinajstić information content (AvgIpc) is 3.38. The Morgan fingerprint density at radius 1 is 0.973 bits per heavy atom. The Kier molecular flexibility index (Phi) is 6.10. The molecule has 0 aliphatic carbocycles. The molecule has 2 aliphatic rings. The molecule has 1 saturated heterocycles. The Labute approximate surface area is 222 Å². The zero-order chi connectivity index (χ0) is 25.5. The van der Waals surface area contributed by atoms with Gasteiger partial charge in [-0.05, 0) is 66.3 Å². The molecule has 0 radical (unpaired) electrons. The lowest BCUT2D eigenvalue weighted by molar-refractivity contribution is 0.0747. The van der Waals surface area contributed by atoms with Crippen LogP contribution < -0.4 is 19.9 Å². The predicted octanol–water partition coefficient (Wildman–Crippen LogP) is 4.45. The van der Waals surface area contributed by atoms with Crippen LogP contribution in [-0.4, -0.2) is 53.3 Å². The van der Waals surface area contributed by atoms with E-state index in [4.69, 9.17) is 33.3 Å². The number of H-pyrrole nitrogens is 1. The van der Waals surface area contributed by atoms with Crippen LogP contribution in [0, 0.1) is 4.77 Å². The molecule has 4 aromatic rings. The van der Waals surface area contributed by atoms with Crippen molar-refractivity contribution >= 4 is 46.3 Å². The maximum Gasteiger partial charge on any atom is 0.262 e. The van der Waals surface area contributed by atoms with Crippen LogP contribution in [0.1, 0.15) is 15.9 Å². The second-order valence-electron chi connectivity index (χ2n) is 9.03. The number of nitrogens with zero attached hydrogens (tertiary/aromatic N) is 3. The minimum atomic E-state index is -0.217. The van der Waals surface area contributed by atoms with E-state index in [0.717, 1.165) is 11.3 Å². The third-order valence-corrected chi connectivity index (χ3v) is 7.30. The monoisotopic (exact) mass is 534 g/mol. The smallest absolute Gasteiger partial charge is 0.262 e. The number of ether oxygens (including phenoxy) is 2. The van der Waals surface area contributed by atoms with E-state index in [0.29, 0.717) is 65.7 Å². The van der Waals surface area contributed by atoms with Crippen LogP contribution in [0.5, 0.6) is 11.5 Å². The molecular weight excluding hydrogens is 512 g/mol. The molecule has 8 nitrogen and oxygen atoms in total. The molecule has 1 fully saturated rings. The molecule has 10 heteroatoms. The number of amides is 1. The summed E-state index contributed by atoms with van der Waals surface area (Å²) >= 11 is 11.6. The summed E-state index contributed by atoms with van der Waals surface area (Å²) in [7, 11) is 0. The van der Waals surface area contributed by atoms with Crippen molar-refractivity contribution in [3.63, 3.8) is 0 Å². The van der Waals surface area contributed by atoms with Crippen molar-refractivity contribution in [1.82, 2.24) is 14.5 Å². The summed E-state index contributed by atoms with van der Waals surface area (Å²) in [6.07, 6.45) is 0. The van der Waals surface area contributed by atoms with E-state index in [-0.39, 0.29) is 23.0 Å². The van der Waals surface area contributed by atoms with Crippen LogP contribution in [0.15, 0.2) is 65.5 Å². The number of carbonyl (C=O) groups excluding carboxylic acids is 1. The third kappa shape index (κ3) is 4.56. The Morgan fingerprint density at radius 3 is 2.59 bits per heavy atom. The van der Waals surface area contributed by atoms with Gasteiger partial charge in [0.1, 0.15) is 0 Å². The van der Waals surface area contributed by atoms with Gasteiger partial charge in [-0.1, -0.05) is 23.7 Å². The van der Waals surface area contributed by atoms with Crippen molar-refractivity contribution in [1.29, 1.82) is 0 Å². The summed E-state index contributed by atoms with van der Waals surface area (Å²) in [6.45, 7) is 3.10. The SMILES string of the molecule is O=C(c1ccc2c(=O)n(Cc3ccc4c(c3)OCO4)c(=S)[nH]c2c1)N1CCN(c2cccc(Cl)c2)CC1. The van der Waals surface area contributed by atoms with Crippen molar-refractivity contribution in [2.45, 2.75) is 6.54 Å². The minimum Gasteiger partial charge on any atom is -0.454 e. The lowest BCUT2D eigenvalue weighted by Crippen LogP contribution is -2.48. The molecule has 0 saturated carbocycles. The molecule has 1 aromatic heterocycles. The molecule has 37 heavy (non-hydrogen) atoms. The number of benzene rings is 3. The predicted molar refractivity (Wildman–Crippen MR) is 145 cm³/mol. The van der Waals surface area contributed by atoms with Crippen LogP contribution in [-0.2, 0) is 6.54 Å². The third-order valence-electron chi connectivity index (χ3n) is 6.75. The van der Waals surface area contributed by atoms with Gasteiger partial charge in [0, 0.05) is 42.5 Å². The quantitative estimate of drug-likeness (QED) is 0.390. The first-order chi connectivity index (χ1) is 18.0. The number of hydrogen-bond acceptors (Lipinski definition) is 6. The van der Waals surface area contributed by atoms with Crippen LogP contribution in [0.4, 0.5) is 5.69 Å². The number of aromatic nitrogens is 2. The molecule has 3 aromatic carbocycles. The lowest BCUT2D eigenvalue weighted by atomic mass is 10.1. The average molecular weight is 535 g/mol. The number of carbonyl (C=O) groups is 1. The highest BCUT2D eigenvalue weighted by molar-refractivity contribution is 7.71. The maximum absolute atomic E-state index is 13.3. The molecule has 2 aliphatic heterocycles. The molecule has 0 spiro atoms. The molecule has 1 N–H and O–H groups in total. The van der Waals surface area contributed by atoms with Gasteiger partial charge >= 0.3 is 0 Å². The Morgan fingerprint density at radius 2 is 1.78 bits per heavy atom. The fourth-order valence-corrected chi connectivity index (χ4v) is 5.22. The lowest BCUT2D eigenvalue weighted by Gasteiger charge is -2.36. The van der Waals surface area contributed by atoms with Gasteiger partial charge in [-0.15, -0.1) is 0 Å². The second kappa shape index (κ2) is 9.57. The molecule has 0 atom stereocenters. The molecule has 0 unspecified atom stereocenters. The zero-order valence-corrected chi connectivity index (χ0v) is 21.3. The van der Waals surface area contributed by atoms with Gasteiger partial charge in [0.25, 0.3) is 11.5 Å². The summed E-state index contributed by atoms with van der Waals surface area (Å²) in [4.78, 5) is 33.7. The van der Waals surface area contributed by atoms with Crippen molar-refractivity contribution in [3.8, 4) is 11.5 Å². The second-order valence-corrected chi connectivity index (χ2v) is 9.85. The van der Waals surface area contributed by atoms with E-state index in [2.05, 4.69) is 9.88 Å². The van der Waals surface area contributed by atoms with E-state index < -0.39 is 0 Å². The maximum atomic E-state index is 13.3. The van der Waals surface area contributed by atoms with Crippen molar-refractivity contribution in [3.05, 3.63) is 91.9 Å². The van der Waals surface area contributed by atoms with Gasteiger partial charge in [0.05, 0.1) is 17.4 Å². The molecule has 1 amide bonds. The molecule has 0 bridgehead atoms. The van der Waals surface area contributed by atoms with Crippen LogP contribution in [0.3, 0.4) is 0 Å². The van der Waals surface area contributed by atoms with E-state index >= 15 is 0 Å². The van der Waals surface area contributed by atoms with Gasteiger partial charge in [-0.2, -0.15) is 0 Å². The summed E-state index contributed by atoms with van der Waals surface area (Å²) in [5.74, 6) is 1.26. The van der Waals surface area contributed by atoms with E-state index in [1.165, 1.54) is 4.57 Å². The summed E-state index contributed by atoms with van der Waals surface area (Å²) in [5, 5.41) is 1.16. The largest absolute Gasteiger partial charge is 0.454 e. The number of hydrogen-bond donors (Lipinski definition) is 1. The van der Waals surface area contributed by atoms with Crippen molar-refractivity contribution < 1.29 is 14.3 Å². The minimum absolute atomic E-state index is 0.0727. The fourth-order valence-electron chi connectivity index (χ4n) is 4.78. The first-order valence-corrected chi connectivity index (χ1v) is 12.7. The highest BCUT2D eigenvalue weighted by atomic mass is 35.5. The number of aromatic amines is 1. The first kappa shape index (κ1) is 23.6. The normalized spacial score (nSPS) is 14.8. The summed E-state index contributed by atoms with van der Waals surface area (Å²) < 4.78 is 12.6. The standard InChI is InChI=1S/C27H23ClN4O4S/c28-19-2-1-3-20(14-19)30-8-10-31(11-9-30)25(33)18-5-6-21-22(13-18)29-27(37)32(26(21)34)15-17-4-7-23-24(12-17)36-16-35-23/h1-7,12-14H,8-11,15-16H2,(H,29,37). The van der Waals surface area contributed by atoms with Gasteiger partial charge in [-0.3, -0.25) is 14.2 Å². The highest BCUT2D eigenvalue weighted by Crippen LogP contribution is 2.32. The Hall–Kier alpha value is -3.82. The van der Waals surface area contributed by atoms with Gasteiger partial charge in [0.15, 0.2) is 16.3 Å². The molecule has 6 rings (SSSR count). The topological polar surface area (TPSA) is 79.8 Å². The van der Waals surface area contributed by atoms with E-state index in [1.54, 1.807) is 18.2 Å². The van der Waals surface area contributed by atoms with Crippen LogP contribution in [0.25, 0.3) is 10.9 Å². The fraction of sp³-hybridized carbons (Fsp3) is 0.222. The summed E-state index contributed by atoms with van der Waals surface area (Å²) in [5.41, 5.74) is 2.76. The zero-order valence-electron chi connectivity index (χ0n) is 19.8. The van der Waals surface area contributed by atoms with Crippen LogP contribution >= 0.6 is 23.8 Å². The van der Waals surface area contributed by atoms with Crippen molar-refractivity contribution in [2.24, 2.45) is 0 Å². The van der Waals surface area contributed by atoms with Gasteiger partial charge in [0.2, 0.25) is 6.79 Å². The van der Waals surface area contributed by atoms with Gasteiger partial charge in [-0.25, -0.2) is 0 Å².